The Balaban J connectivity index is 1.65. The number of benzene rings is 3. The normalized spacial score (nSPS) is 20.1. The minimum Gasteiger partial charge on any atom is -0.379 e. The van der Waals surface area contributed by atoms with Gasteiger partial charge in [-0.2, -0.15) is 0 Å². The quantitative estimate of drug-likeness (QED) is 0.557. The number of morpholine rings is 2. The number of hydrogen-bond donors (Lipinski definition) is 0. The van der Waals surface area contributed by atoms with Crippen LogP contribution in [0.4, 0.5) is 0 Å². The van der Waals surface area contributed by atoms with Crippen molar-refractivity contribution in [1.29, 1.82) is 0 Å². The molecule has 2 unspecified atom stereocenters. The topological polar surface area (TPSA) is 42.0 Å². The third-order valence-electron chi connectivity index (χ3n) is 6.65. The summed E-state index contributed by atoms with van der Waals surface area (Å²) in [5, 5.41) is 2.42. The first-order valence-corrected chi connectivity index (χ1v) is 11.5. The molecule has 2 aliphatic heterocycles. The van der Waals surface area contributed by atoms with E-state index in [1.807, 2.05) is 30.3 Å². The second-order valence-electron chi connectivity index (χ2n) is 8.49. The standard InChI is InChI=1S/C27H30N2O3/c30-27(22-8-2-1-3-9-22)26(29-15-19-32-20-16-29)25(28-13-17-31-18-14-28)24-12-6-10-21-7-4-5-11-23(21)24/h1-12,25-26H,13-20H2. The maximum absolute atomic E-state index is 14.1. The van der Waals surface area contributed by atoms with Gasteiger partial charge < -0.3 is 9.47 Å². The lowest BCUT2D eigenvalue weighted by Crippen LogP contribution is -2.55. The van der Waals surface area contributed by atoms with Gasteiger partial charge in [0, 0.05) is 31.7 Å². The molecule has 5 heteroatoms. The fraction of sp³-hybridized carbons (Fsp3) is 0.370. The SMILES string of the molecule is O=C(c1ccccc1)C(C(c1cccc2ccccc12)N1CCOCC1)N1CCOCC1. The minimum absolute atomic E-state index is 0.0594. The Labute approximate surface area is 189 Å². The van der Waals surface area contributed by atoms with Crippen molar-refractivity contribution < 1.29 is 14.3 Å². The third-order valence-corrected chi connectivity index (χ3v) is 6.65. The van der Waals surface area contributed by atoms with Gasteiger partial charge in [0.05, 0.1) is 38.5 Å². The Hall–Kier alpha value is -2.57. The maximum atomic E-state index is 14.1. The van der Waals surface area contributed by atoms with Crippen molar-refractivity contribution in [2.45, 2.75) is 12.1 Å². The number of hydrogen-bond acceptors (Lipinski definition) is 5. The smallest absolute Gasteiger partial charge is 0.181 e. The van der Waals surface area contributed by atoms with Crippen molar-refractivity contribution in [3.8, 4) is 0 Å². The number of fused-ring (bicyclic) bond motifs is 1. The fourth-order valence-electron chi connectivity index (χ4n) is 5.07. The summed E-state index contributed by atoms with van der Waals surface area (Å²) in [4.78, 5) is 18.9. The highest BCUT2D eigenvalue weighted by atomic mass is 16.5. The molecule has 5 rings (SSSR count). The molecule has 0 amide bonds. The highest BCUT2D eigenvalue weighted by Crippen LogP contribution is 2.35. The average Bonchev–Trinajstić information content (AvgIpc) is 2.88. The van der Waals surface area contributed by atoms with Crippen LogP contribution in [0.2, 0.25) is 0 Å². The van der Waals surface area contributed by atoms with E-state index in [1.54, 1.807) is 0 Å². The van der Waals surface area contributed by atoms with Gasteiger partial charge >= 0.3 is 0 Å². The molecule has 166 valence electrons. The van der Waals surface area contributed by atoms with E-state index in [2.05, 4.69) is 52.3 Å². The Morgan fingerprint density at radius 3 is 2.00 bits per heavy atom. The zero-order valence-corrected chi connectivity index (χ0v) is 18.4. The van der Waals surface area contributed by atoms with E-state index in [1.165, 1.54) is 16.3 Å². The van der Waals surface area contributed by atoms with Crippen LogP contribution in [0, 0.1) is 0 Å². The van der Waals surface area contributed by atoms with E-state index in [9.17, 15) is 4.79 Å². The van der Waals surface area contributed by atoms with Crippen LogP contribution in [-0.4, -0.2) is 74.2 Å². The summed E-state index contributed by atoms with van der Waals surface area (Å²) < 4.78 is 11.3. The van der Waals surface area contributed by atoms with Gasteiger partial charge in [0.15, 0.2) is 5.78 Å². The summed E-state index contributed by atoms with van der Waals surface area (Å²) in [6.07, 6.45) is 0. The third kappa shape index (κ3) is 4.34. The lowest BCUT2D eigenvalue weighted by molar-refractivity contribution is -0.0298. The van der Waals surface area contributed by atoms with Crippen molar-refractivity contribution in [3.63, 3.8) is 0 Å². The van der Waals surface area contributed by atoms with E-state index in [-0.39, 0.29) is 17.9 Å². The Morgan fingerprint density at radius 1 is 0.688 bits per heavy atom. The molecule has 0 saturated carbocycles. The van der Waals surface area contributed by atoms with Gasteiger partial charge in [0.1, 0.15) is 0 Å². The maximum Gasteiger partial charge on any atom is 0.181 e. The average molecular weight is 431 g/mol. The summed E-state index contributed by atoms with van der Waals surface area (Å²) >= 11 is 0. The number of nitrogens with zero attached hydrogens (tertiary/aromatic N) is 2. The van der Waals surface area contributed by atoms with Crippen LogP contribution in [0.15, 0.2) is 72.8 Å². The summed E-state index contributed by atoms with van der Waals surface area (Å²) in [7, 11) is 0. The zero-order chi connectivity index (χ0) is 21.8. The van der Waals surface area contributed by atoms with E-state index >= 15 is 0 Å². The second-order valence-corrected chi connectivity index (χ2v) is 8.49. The highest BCUT2D eigenvalue weighted by molar-refractivity contribution is 6.01. The molecule has 3 aromatic carbocycles. The van der Waals surface area contributed by atoms with Crippen LogP contribution in [0.5, 0.6) is 0 Å². The molecule has 2 fully saturated rings. The van der Waals surface area contributed by atoms with Crippen LogP contribution < -0.4 is 0 Å². The van der Waals surface area contributed by atoms with E-state index in [0.717, 1.165) is 31.7 Å². The van der Waals surface area contributed by atoms with Crippen molar-refractivity contribution in [3.05, 3.63) is 83.9 Å². The van der Waals surface area contributed by atoms with Gasteiger partial charge in [0.2, 0.25) is 0 Å². The van der Waals surface area contributed by atoms with Gasteiger partial charge in [-0.3, -0.25) is 14.6 Å². The number of ketones is 1. The van der Waals surface area contributed by atoms with Gasteiger partial charge in [-0.1, -0.05) is 72.8 Å². The fourth-order valence-corrected chi connectivity index (χ4v) is 5.07. The lowest BCUT2D eigenvalue weighted by Gasteiger charge is -2.44. The number of ether oxygens (including phenoxy) is 2. The summed E-state index contributed by atoms with van der Waals surface area (Å²) in [6, 6.07) is 24.4. The summed E-state index contributed by atoms with van der Waals surface area (Å²) in [5.74, 6) is 0.178. The molecule has 0 N–H and O–H groups in total. The molecule has 2 saturated heterocycles. The van der Waals surface area contributed by atoms with Crippen LogP contribution in [-0.2, 0) is 9.47 Å². The Bertz CT molecular complexity index is 1040. The van der Waals surface area contributed by atoms with Crippen LogP contribution in [0.1, 0.15) is 22.0 Å². The predicted octanol–water partition coefficient (Wildman–Crippen LogP) is 3.80. The predicted molar refractivity (Wildman–Crippen MR) is 126 cm³/mol. The van der Waals surface area contributed by atoms with E-state index < -0.39 is 0 Å². The number of Topliss-reactive ketones (excluding diaryl/α,β-unsaturated/α-hetero) is 1. The zero-order valence-electron chi connectivity index (χ0n) is 18.4. The van der Waals surface area contributed by atoms with Crippen molar-refractivity contribution in [2.24, 2.45) is 0 Å². The molecule has 0 aliphatic carbocycles. The van der Waals surface area contributed by atoms with Crippen molar-refractivity contribution in [1.82, 2.24) is 9.80 Å². The molecule has 0 bridgehead atoms. The summed E-state index contributed by atoms with van der Waals surface area (Å²) in [6.45, 7) is 5.85. The Morgan fingerprint density at radius 2 is 1.28 bits per heavy atom. The van der Waals surface area contributed by atoms with Gasteiger partial charge in [-0.25, -0.2) is 0 Å². The molecular formula is C27H30N2O3. The second kappa shape index (κ2) is 9.92. The first kappa shape index (κ1) is 21.3. The molecule has 2 atom stereocenters. The van der Waals surface area contributed by atoms with Gasteiger partial charge in [0.25, 0.3) is 0 Å². The molecule has 0 spiro atoms. The van der Waals surface area contributed by atoms with Crippen LogP contribution in [0.25, 0.3) is 10.8 Å². The molecule has 3 aromatic rings. The van der Waals surface area contributed by atoms with Crippen molar-refractivity contribution in [2.75, 3.05) is 52.6 Å². The Kier molecular flexibility index (Phi) is 6.60. The van der Waals surface area contributed by atoms with Crippen LogP contribution in [0.3, 0.4) is 0 Å². The van der Waals surface area contributed by atoms with Crippen molar-refractivity contribution >= 4 is 16.6 Å². The molecule has 0 aromatic heterocycles. The van der Waals surface area contributed by atoms with E-state index in [4.69, 9.17) is 9.47 Å². The molecule has 32 heavy (non-hydrogen) atoms. The molecule has 2 aliphatic rings. The molecule has 2 heterocycles. The number of carbonyl (C=O) groups is 1. The van der Waals surface area contributed by atoms with Gasteiger partial charge in [-0.15, -0.1) is 0 Å². The first-order valence-electron chi connectivity index (χ1n) is 11.5. The first-order chi connectivity index (χ1) is 15.8. The number of rotatable bonds is 6. The summed E-state index contributed by atoms with van der Waals surface area (Å²) in [5.41, 5.74) is 1.98. The highest BCUT2D eigenvalue weighted by Gasteiger charge is 2.40. The van der Waals surface area contributed by atoms with Crippen LogP contribution >= 0.6 is 0 Å². The largest absolute Gasteiger partial charge is 0.379 e. The molecular weight excluding hydrogens is 400 g/mol. The molecule has 0 radical (unpaired) electrons. The number of carbonyl (C=O) groups excluding carboxylic acids is 1. The van der Waals surface area contributed by atoms with Gasteiger partial charge in [-0.05, 0) is 16.3 Å². The van der Waals surface area contributed by atoms with E-state index in [0.29, 0.717) is 26.4 Å². The monoisotopic (exact) mass is 430 g/mol. The minimum atomic E-state index is -0.287. The lowest BCUT2D eigenvalue weighted by atomic mass is 9.87. The molecule has 5 nitrogen and oxygen atoms in total.